The van der Waals surface area contributed by atoms with Crippen LogP contribution >= 0.6 is 0 Å². The van der Waals surface area contributed by atoms with Crippen LogP contribution in [-0.4, -0.2) is 5.91 Å². The van der Waals surface area contributed by atoms with E-state index in [-0.39, 0.29) is 5.91 Å². The molecule has 102 valence electrons. The van der Waals surface area contributed by atoms with Crippen molar-refractivity contribution in [2.24, 2.45) is 0 Å². The molecular weight excluding hydrogens is 246 g/mol. The largest absolute Gasteiger partial charge is 0.326 e. The van der Waals surface area contributed by atoms with E-state index in [2.05, 4.69) is 43.1 Å². The van der Waals surface area contributed by atoms with Gasteiger partial charge in [0, 0.05) is 12.1 Å². The molecule has 2 aromatic carbocycles. The summed E-state index contributed by atoms with van der Waals surface area (Å²) in [7, 11) is 0. The standard InChI is InChI=1S/C18H19NO/c1-14-8-10-16(11-9-14)12-13-18(20)19-15(2)17-6-4-3-5-7-17/h3-11H,2,12-13H2,1H3,(H,19,20). The smallest absolute Gasteiger partial charge is 0.224 e. The summed E-state index contributed by atoms with van der Waals surface area (Å²) >= 11 is 0. The number of amides is 1. The summed E-state index contributed by atoms with van der Waals surface area (Å²) in [6.07, 6.45) is 1.21. The van der Waals surface area contributed by atoms with Crippen molar-refractivity contribution in [3.05, 3.63) is 77.9 Å². The van der Waals surface area contributed by atoms with E-state index in [1.165, 1.54) is 11.1 Å². The number of rotatable bonds is 5. The van der Waals surface area contributed by atoms with Crippen LogP contribution in [-0.2, 0) is 11.2 Å². The van der Waals surface area contributed by atoms with Gasteiger partial charge in [-0.1, -0.05) is 66.7 Å². The number of carbonyl (C=O) groups excluding carboxylic acids is 1. The summed E-state index contributed by atoms with van der Waals surface area (Å²) in [6, 6.07) is 17.9. The number of nitrogens with one attached hydrogen (secondary N) is 1. The molecule has 0 saturated carbocycles. The highest BCUT2D eigenvalue weighted by Crippen LogP contribution is 2.10. The van der Waals surface area contributed by atoms with E-state index >= 15 is 0 Å². The molecule has 0 aliphatic rings. The van der Waals surface area contributed by atoms with Crippen molar-refractivity contribution in [2.45, 2.75) is 19.8 Å². The third-order valence-corrected chi connectivity index (χ3v) is 3.17. The van der Waals surface area contributed by atoms with E-state index in [9.17, 15) is 4.79 Å². The molecule has 0 bridgehead atoms. The first-order chi connectivity index (χ1) is 9.65. The van der Waals surface area contributed by atoms with Crippen LogP contribution in [0, 0.1) is 6.92 Å². The van der Waals surface area contributed by atoms with Gasteiger partial charge in [0.1, 0.15) is 0 Å². The molecule has 0 heterocycles. The topological polar surface area (TPSA) is 29.1 Å². The zero-order chi connectivity index (χ0) is 14.4. The Balaban J connectivity index is 1.84. The Bertz CT molecular complexity index is 585. The monoisotopic (exact) mass is 265 g/mol. The van der Waals surface area contributed by atoms with Crippen molar-refractivity contribution in [3.8, 4) is 0 Å². The lowest BCUT2D eigenvalue weighted by Crippen LogP contribution is -2.21. The molecule has 0 aliphatic heterocycles. The Labute approximate surface area is 120 Å². The van der Waals surface area contributed by atoms with Gasteiger partial charge in [-0.25, -0.2) is 0 Å². The summed E-state index contributed by atoms with van der Waals surface area (Å²) in [5.41, 5.74) is 4.00. The number of hydrogen-bond acceptors (Lipinski definition) is 1. The molecule has 2 nitrogen and oxygen atoms in total. The Kier molecular flexibility index (Phi) is 4.72. The first-order valence-corrected chi connectivity index (χ1v) is 6.75. The predicted octanol–water partition coefficient (Wildman–Crippen LogP) is 3.71. The maximum absolute atomic E-state index is 11.9. The van der Waals surface area contributed by atoms with Crippen LogP contribution < -0.4 is 5.32 Å². The van der Waals surface area contributed by atoms with Crippen LogP contribution in [0.5, 0.6) is 0 Å². The number of benzene rings is 2. The van der Waals surface area contributed by atoms with Gasteiger partial charge in [-0.3, -0.25) is 4.79 Å². The molecule has 0 atom stereocenters. The van der Waals surface area contributed by atoms with Gasteiger partial charge in [-0.2, -0.15) is 0 Å². The molecule has 0 aliphatic carbocycles. The molecule has 0 radical (unpaired) electrons. The van der Waals surface area contributed by atoms with Gasteiger partial charge in [0.2, 0.25) is 5.91 Å². The van der Waals surface area contributed by atoms with Crippen molar-refractivity contribution >= 4 is 11.6 Å². The SMILES string of the molecule is C=C(NC(=O)CCc1ccc(C)cc1)c1ccccc1. The second-order valence-electron chi connectivity index (χ2n) is 4.88. The third kappa shape index (κ3) is 4.09. The summed E-state index contributed by atoms with van der Waals surface area (Å²) in [6.45, 7) is 5.96. The van der Waals surface area contributed by atoms with E-state index < -0.39 is 0 Å². The van der Waals surface area contributed by atoms with Crippen LogP contribution in [0.25, 0.3) is 5.70 Å². The minimum Gasteiger partial charge on any atom is -0.326 e. The van der Waals surface area contributed by atoms with Crippen molar-refractivity contribution in [1.29, 1.82) is 0 Å². The van der Waals surface area contributed by atoms with Gasteiger partial charge in [0.25, 0.3) is 0 Å². The second-order valence-corrected chi connectivity index (χ2v) is 4.88. The highest BCUT2D eigenvalue weighted by molar-refractivity contribution is 5.86. The fourth-order valence-corrected chi connectivity index (χ4v) is 1.95. The summed E-state index contributed by atoms with van der Waals surface area (Å²) in [5, 5.41) is 2.84. The Morgan fingerprint density at radius 1 is 1.05 bits per heavy atom. The molecule has 20 heavy (non-hydrogen) atoms. The maximum atomic E-state index is 11.9. The first-order valence-electron chi connectivity index (χ1n) is 6.75. The summed E-state index contributed by atoms with van der Waals surface area (Å²) in [5.74, 6) is -0.000530. The molecular formula is C18H19NO. The molecule has 1 N–H and O–H groups in total. The van der Waals surface area contributed by atoms with Gasteiger partial charge < -0.3 is 5.32 Å². The highest BCUT2D eigenvalue weighted by Gasteiger charge is 2.05. The van der Waals surface area contributed by atoms with E-state index in [1.807, 2.05) is 30.3 Å². The van der Waals surface area contributed by atoms with Gasteiger partial charge in [-0.15, -0.1) is 0 Å². The highest BCUT2D eigenvalue weighted by atomic mass is 16.1. The number of hydrogen-bond donors (Lipinski definition) is 1. The third-order valence-electron chi connectivity index (χ3n) is 3.17. The lowest BCUT2D eigenvalue weighted by molar-refractivity contribution is -0.119. The zero-order valence-corrected chi connectivity index (χ0v) is 11.7. The van der Waals surface area contributed by atoms with Crippen LogP contribution in [0.3, 0.4) is 0 Å². The van der Waals surface area contributed by atoms with Gasteiger partial charge >= 0.3 is 0 Å². The van der Waals surface area contributed by atoms with E-state index in [1.54, 1.807) is 0 Å². The minimum absolute atomic E-state index is 0.000530. The summed E-state index contributed by atoms with van der Waals surface area (Å²) < 4.78 is 0. The first kappa shape index (κ1) is 14.1. The molecule has 0 spiro atoms. The van der Waals surface area contributed by atoms with Crippen LogP contribution in [0.1, 0.15) is 23.1 Å². The number of carbonyl (C=O) groups is 1. The van der Waals surface area contributed by atoms with Gasteiger partial charge in [0.15, 0.2) is 0 Å². The fraction of sp³-hybridized carbons (Fsp3) is 0.167. The van der Waals surface area contributed by atoms with Crippen molar-refractivity contribution in [2.75, 3.05) is 0 Å². The average Bonchev–Trinajstić information content (AvgIpc) is 2.47. The lowest BCUT2D eigenvalue weighted by Gasteiger charge is -2.08. The number of aryl methyl sites for hydroxylation is 2. The van der Waals surface area contributed by atoms with Gasteiger partial charge in [-0.05, 0) is 24.5 Å². The Morgan fingerprint density at radius 2 is 1.70 bits per heavy atom. The van der Waals surface area contributed by atoms with E-state index in [0.717, 1.165) is 12.0 Å². The van der Waals surface area contributed by atoms with Gasteiger partial charge in [0.05, 0.1) is 0 Å². The molecule has 2 heteroatoms. The zero-order valence-electron chi connectivity index (χ0n) is 11.7. The maximum Gasteiger partial charge on any atom is 0.224 e. The Morgan fingerprint density at radius 3 is 2.35 bits per heavy atom. The molecule has 2 aromatic rings. The van der Waals surface area contributed by atoms with E-state index in [0.29, 0.717) is 12.1 Å². The minimum atomic E-state index is -0.000530. The van der Waals surface area contributed by atoms with Crippen molar-refractivity contribution < 1.29 is 4.79 Å². The normalized spacial score (nSPS) is 10.1. The molecule has 0 unspecified atom stereocenters. The predicted molar refractivity (Wildman–Crippen MR) is 83.1 cm³/mol. The molecule has 0 aromatic heterocycles. The Hall–Kier alpha value is -2.35. The van der Waals surface area contributed by atoms with Crippen LogP contribution in [0.15, 0.2) is 61.2 Å². The van der Waals surface area contributed by atoms with Crippen LogP contribution in [0.2, 0.25) is 0 Å². The molecule has 2 rings (SSSR count). The van der Waals surface area contributed by atoms with Crippen LogP contribution in [0.4, 0.5) is 0 Å². The fourth-order valence-electron chi connectivity index (χ4n) is 1.95. The summed E-state index contributed by atoms with van der Waals surface area (Å²) in [4.78, 5) is 11.9. The molecule has 1 amide bonds. The van der Waals surface area contributed by atoms with Crippen molar-refractivity contribution in [3.63, 3.8) is 0 Å². The van der Waals surface area contributed by atoms with Crippen molar-refractivity contribution in [1.82, 2.24) is 5.32 Å². The lowest BCUT2D eigenvalue weighted by atomic mass is 10.1. The molecule has 0 fully saturated rings. The van der Waals surface area contributed by atoms with E-state index in [4.69, 9.17) is 0 Å². The molecule has 0 saturated heterocycles. The average molecular weight is 265 g/mol. The second kappa shape index (κ2) is 6.71. The quantitative estimate of drug-likeness (QED) is 0.877.